The smallest absolute Gasteiger partial charge is 0.271 e. The van der Waals surface area contributed by atoms with Gasteiger partial charge >= 0.3 is 0 Å². The maximum atomic E-state index is 14.5. The van der Waals surface area contributed by atoms with Crippen molar-refractivity contribution >= 4 is 33.3 Å². The number of rotatable bonds is 8. The minimum absolute atomic E-state index is 0.0855. The Balaban J connectivity index is 1.68. The highest BCUT2D eigenvalue weighted by Crippen LogP contribution is 2.54. The van der Waals surface area contributed by atoms with Gasteiger partial charge in [0.25, 0.3) is 11.8 Å². The summed E-state index contributed by atoms with van der Waals surface area (Å²) in [6.07, 6.45) is 3.04. The number of nitrogens with one attached hydrogen (secondary N) is 1. The van der Waals surface area contributed by atoms with Crippen LogP contribution in [-0.4, -0.2) is 54.3 Å². The number of fused-ring (bicyclic) bond motifs is 2. The van der Waals surface area contributed by atoms with Crippen LogP contribution in [0.4, 0.5) is 4.39 Å². The standard InChI is InChI=1S/C31H33ClFN3O5S/c1-18(2)35-17-31(13-22(31)16-42(4,40)41)36-15-23(29(38)34-14-21-11-8-12-24(32)26(21)33)28(37)25(27(36)30(35)39)19(3)20-9-6-5-7-10-20/h5-12,15,18-19,22H,13-14,16-17H2,1-4H3,(H,34,38)/t19?,22-,31-/m0/s1. The zero-order valence-electron chi connectivity index (χ0n) is 23.9. The normalized spacial score (nSPS) is 20.5. The largest absolute Gasteiger partial charge is 0.348 e. The molecule has 1 fully saturated rings. The van der Waals surface area contributed by atoms with Crippen molar-refractivity contribution in [3.8, 4) is 0 Å². The van der Waals surface area contributed by atoms with E-state index >= 15 is 0 Å². The summed E-state index contributed by atoms with van der Waals surface area (Å²) in [4.78, 5) is 43.4. The monoisotopic (exact) mass is 613 g/mol. The van der Waals surface area contributed by atoms with Crippen molar-refractivity contribution in [2.45, 2.75) is 51.2 Å². The van der Waals surface area contributed by atoms with Crippen molar-refractivity contribution in [2.24, 2.45) is 5.92 Å². The highest BCUT2D eigenvalue weighted by atomic mass is 35.5. The molecule has 1 N–H and O–H groups in total. The van der Waals surface area contributed by atoms with E-state index in [1.165, 1.54) is 24.6 Å². The summed E-state index contributed by atoms with van der Waals surface area (Å²) < 4.78 is 40.8. The number of amides is 2. The van der Waals surface area contributed by atoms with Gasteiger partial charge in [-0.15, -0.1) is 0 Å². The van der Waals surface area contributed by atoms with Gasteiger partial charge in [0, 0.05) is 54.5 Å². The van der Waals surface area contributed by atoms with Gasteiger partial charge < -0.3 is 14.8 Å². The molecule has 1 aromatic heterocycles. The summed E-state index contributed by atoms with van der Waals surface area (Å²) in [5.74, 6) is -2.69. The first-order chi connectivity index (χ1) is 19.7. The van der Waals surface area contributed by atoms with Crippen LogP contribution in [0.25, 0.3) is 0 Å². The summed E-state index contributed by atoms with van der Waals surface area (Å²) in [7, 11) is -3.35. The van der Waals surface area contributed by atoms with E-state index in [9.17, 15) is 27.2 Å². The summed E-state index contributed by atoms with van der Waals surface area (Å²) in [5, 5.41) is 2.54. The Morgan fingerprint density at radius 1 is 1.12 bits per heavy atom. The van der Waals surface area contributed by atoms with Gasteiger partial charge in [0.15, 0.2) is 5.43 Å². The predicted octanol–water partition coefficient (Wildman–Crippen LogP) is 4.35. The van der Waals surface area contributed by atoms with Crippen LogP contribution in [0.2, 0.25) is 5.02 Å². The molecule has 3 aromatic rings. The van der Waals surface area contributed by atoms with Crippen molar-refractivity contribution in [2.75, 3.05) is 18.6 Å². The average molecular weight is 614 g/mol. The number of nitrogens with zero attached hydrogens (tertiary/aromatic N) is 2. The lowest BCUT2D eigenvalue weighted by Crippen LogP contribution is -2.53. The summed E-state index contributed by atoms with van der Waals surface area (Å²) in [5.41, 5.74) is -0.314. The molecule has 222 valence electrons. The van der Waals surface area contributed by atoms with Crippen molar-refractivity contribution < 1.29 is 22.4 Å². The van der Waals surface area contributed by atoms with Gasteiger partial charge in [-0.2, -0.15) is 0 Å². The van der Waals surface area contributed by atoms with Crippen LogP contribution in [0, 0.1) is 11.7 Å². The Morgan fingerprint density at radius 2 is 1.81 bits per heavy atom. The highest BCUT2D eigenvalue weighted by Gasteiger charge is 2.61. The molecule has 5 rings (SSSR count). The quantitative estimate of drug-likeness (QED) is 0.407. The number of carbonyl (C=O) groups excluding carboxylic acids is 2. The lowest BCUT2D eigenvalue weighted by molar-refractivity contribution is 0.0569. The Morgan fingerprint density at radius 3 is 2.45 bits per heavy atom. The first-order valence-electron chi connectivity index (χ1n) is 13.8. The van der Waals surface area contributed by atoms with Crippen LogP contribution < -0.4 is 10.7 Å². The van der Waals surface area contributed by atoms with Gasteiger partial charge in [-0.1, -0.05) is 61.0 Å². The lowest BCUT2D eigenvalue weighted by Gasteiger charge is -2.41. The number of halogens is 2. The van der Waals surface area contributed by atoms with Crippen LogP contribution in [-0.2, 0) is 21.9 Å². The fourth-order valence-corrected chi connectivity index (χ4v) is 7.42. The molecule has 0 radical (unpaired) electrons. The SMILES string of the molecule is CC(c1ccccc1)c1c2n(cc(C(=O)NCc3cccc(Cl)c3F)c1=O)[C@@]1(C[C@H]1CS(C)(=O)=O)CN(C(C)C)C2=O. The van der Waals surface area contributed by atoms with E-state index < -0.39 is 38.4 Å². The third-order valence-corrected chi connectivity index (χ3v) is 9.71. The molecule has 3 atom stereocenters. The van der Waals surface area contributed by atoms with Crippen molar-refractivity contribution in [1.82, 2.24) is 14.8 Å². The molecule has 1 aliphatic carbocycles. The number of pyridine rings is 1. The van der Waals surface area contributed by atoms with Crippen LogP contribution in [0.3, 0.4) is 0 Å². The first-order valence-corrected chi connectivity index (χ1v) is 16.2. The number of carbonyl (C=O) groups is 2. The Labute approximate surface area is 249 Å². The third-order valence-electron chi connectivity index (χ3n) is 8.41. The molecular formula is C31H33ClFN3O5S. The molecule has 1 spiro atoms. The van der Waals surface area contributed by atoms with Crippen LogP contribution in [0.1, 0.15) is 70.6 Å². The Hall–Kier alpha value is -3.50. The molecule has 2 amide bonds. The first kappa shape index (κ1) is 30.0. The van der Waals surface area contributed by atoms with Gasteiger partial charge in [0.2, 0.25) is 0 Å². The molecule has 1 unspecified atom stereocenters. The van der Waals surface area contributed by atoms with E-state index in [0.29, 0.717) is 6.42 Å². The lowest BCUT2D eigenvalue weighted by atomic mass is 9.88. The zero-order valence-corrected chi connectivity index (χ0v) is 25.4. The summed E-state index contributed by atoms with van der Waals surface area (Å²) >= 11 is 5.89. The number of hydrogen-bond acceptors (Lipinski definition) is 5. The average Bonchev–Trinajstić information content (AvgIpc) is 3.61. The topological polar surface area (TPSA) is 106 Å². The van der Waals surface area contributed by atoms with Gasteiger partial charge in [-0.25, -0.2) is 12.8 Å². The minimum atomic E-state index is -3.35. The van der Waals surface area contributed by atoms with Gasteiger partial charge in [-0.05, 0) is 31.9 Å². The molecule has 2 aliphatic rings. The second kappa shape index (κ2) is 11.0. The molecule has 0 bridgehead atoms. The van der Waals surface area contributed by atoms with E-state index in [0.717, 1.165) is 5.56 Å². The molecule has 2 heterocycles. The van der Waals surface area contributed by atoms with Crippen molar-refractivity contribution in [1.29, 1.82) is 0 Å². The van der Waals surface area contributed by atoms with Crippen molar-refractivity contribution in [3.05, 3.63) is 104 Å². The van der Waals surface area contributed by atoms with Crippen molar-refractivity contribution in [3.63, 3.8) is 0 Å². The number of benzene rings is 2. The summed E-state index contributed by atoms with van der Waals surface area (Å²) in [6.45, 7) is 5.62. The number of sulfone groups is 1. The van der Waals surface area contributed by atoms with E-state index in [1.54, 1.807) is 15.5 Å². The second-order valence-corrected chi connectivity index (χ2v) is 14.2. The van der Waals surface area contributed by atoms with E-state index in [-0.39, 0.29) is 64.1 Å². The van der Waals surface area contributed by atoms with E-state index in [2.05, 4.69) is 5.32 Å². The molecule has 0 saturated heterocycles. The minimum Gasteiger partial charge on any atom is -0.348 e. The fourth-order valence-electron chi connectivity index (χ4n) is 6.06. The van der Waals surface area contributed by atoms with Crippen LogP contribution in [0.5, 0.6) is 0 Å². The van der Waals surface area contributed by atoms with Crippen LogP contribution >= 0.6 is 11.6 Å². The zero-order chi connectivity index (χ0) is 30.6. The molecule has 42 heavy (non-hydrogen) atoms. The molecule has 11 heteroatoms. The molecule has 1 aliphatic heterocycles. The van der Waals surface area contributed by atoms with E-state index in [1.807, 2.05) is 51.1 Å². The molecule has 8 nitrogen and oxygen atoms in total. The number of hydrogen-bond donors (Lipinski definition) is 1. The summed E-state index contributed by atoms with van der Waals surface area (Å²) in [6, 6.07) is 13.5. The van der Waals surface area contributed by atoms with Gasteiger partial charge in [0.05, 0.1) is 16.3 Å². The number of aromatic nitrogens is 1. The Bertz CT molecular complexity index is 1740. The molecule has 1 saturated carbocycles. The maximum Gasteiger partial charge on any atom is 0.271 e. The maximum absolute atomic E-state index is 14.5. The predicted molar refractivity (Wildman–Crippen MR) is 159 cm³/mol. The van der Waals surface area contributed by atoms with Crippen LogP contribution in [0.15, 0.2) is 59.5 Å². The molecular weight excluding hydrogens is 581 g/mol. The van der Waals surface area contributed by atoms with Gasteiger partial charge in [-0.3, -0.25) is 14.4 Å². The van der Waals surface area contributed by atoms with Gasteiger partial charge in [0.1, 0.15) is 26.9 Å². The second-order valence-electron chi connectivity index (χ2n) is 11.7. The Kier molecular flexibility index (Phi) is 7.83. The van der Waals surface area contributed by atoms with E-state index in [4.69, 9.17) is 11.6 Å². The fraction of sp³-hybridized carbons (Fsp3) is 0.387. The molecule has 2 aromatic carbocycles. The highest BCUT2D eigenvalue weighted by molar-refractivity contribution is 7.90. The third kappa shape index (κ3) is 5.38.